The predicted molar refractivity (Wildman–Crippen MR) is 182 cm³/mol. The lowest BCUT2D eigenvalue weighted by Crippen LogP contribution is -2.41. The Hall–Kier alpha value is -3.68. The van der Waals surface area contributed by atoms with Gasteiger partial charge in [-0.2, -0.15) is 0 Å². The summed E-state index contributed by atoms with van der Waals surface area (Å²) in [4.78, 5) is 30.1. The molecule has 2 aliphatic rings. The Bertz CT molecular complexity index is 1490. The van der Waals surface area contributed by atoms with Gasteiger partial charge < -0.3 is 25.6 Å². The number of hydrogen-bond donors (Lipinski definition) is 5. The van der Waals surface area contributed by atoms with Gasteiger partial charge in [-0.3, -0.25) is 10.4 Å². The van der Waals surface area contributed by atoms with Gasteiger partial charge in [-0.05, 0) is 101 Å². The molecule has 12 nitrogen and oxygen atoms in total. The van der Waals surface area contributed by atoms with E-state index in [9.17, 15) is 23.1 Å². The Morgan fingerprint density at radius 1 is 1.11 bits per heavy atom. The molecule has 1 amide bonds. The van der Waals surface area contributed by atoms with E-state index in [0.717, 1.165) is 35.3 Å². The molecule has 1 atom stereocenters. The number of carboxylic acid groups (broad SMARTS) is 1. The summed E-state index contributed by atoms with van der Waals surface area (Å²) in [5.74, 6) is -0.426. The number of hydrogen-bond acceptors (Lipinski definition) is 8. The van der Waals surface area contributed by atoms with Crippen LogP contribution in [0.2, 0.25) is 0 Å². The first-order valence-corrected chi connectivity index (χ1v) is 17.7. The second-order valence-corrected chi connectivity index (χ2v) is 14.4. The molecule has 47 heavy (non-hydrogen) atoms. The van der Waals surface area contributed by atoms with Gasteiger partial charge >= 0.3 is 12.1 Å². The third-order valence-electron chi connectivity index (χ3n) is 8.52. The number of aliphatic carboxylic acids is 1. The number of alkyl carbamates (subject to hydrolysis) is 1. The van der Waals surface area contributed by atoms with Crippen molar-refractivity contribution in [2.75, 3.05) is 6.54 Å². The van der Waals surface area contributed by atoms with Crippen LogP contribution in [0, 0.1) is 20.8 Å². The molecular formula is C34H51N5O7S. The summed E-state index contributed by atoms with van der Waals surface area (Å²) in [6, 6.07) is 8.44. The van der Waals surface area contributed by atoms with Crippen LogP contribution in [0.25, 0.3) is 0 Å². The SMILES string of the molecule is Cc1c(C)c(S(=O)(=O)NNC=NCCC[C@@H](NC(=O)OCc2ccccc2)C(=O)O)c(C)c2c1OC(C)(C)CC2.NC1CCCCC1. The number of sulfonamides is 1. The van der Waals surface area contributed by atoms with E-state index < -0.39 is 28.1 Å². The molecule has 0 aromatic heterocycles. The van der Waals surface area contributed by atoms with Crippen molar-refractivity contribution in [3.63, 3.8) is 0 Å². The lowest BCUT2D eigenvalue weighted by Gasteiger charge is -2.35. The minimum absolute atomic E-state index is 0.0287. The highest BCUT2D eigenvalue weighted by atomic mass is 32.2. The molecule has 1 aliphatic heterocycles. The topological polar surface area (TPSA) is 181 Å². The van der Waals surface area contributed by atoms with Crippen LogP contribution in [0.4, 0.5) is 4.79 Å². The van der Waals surface area contributed by atoms with E-state index in [1.165, 1.54) is 38.4 Å². The average Bonchev–Trinajstić information content (AvgIpc) is 3.02. The Kier molecular flexibility index (Phi) is 14.0. The van der Waals surface area contributed by atoms with Gasteiger partial charge in [0.15, 0.2) is 0 Å². The van der Waals surface area contributed by atoms with Gasteiger partial charge in [-0.25, -0.2) is 18.0 Å². The third kappa shape index (κ3) is 11.5. The molecule has 4 rings (SSSR count). The smallest absolute Gasteiger partial charge is 0.408 e. The molecule has 6 N–H and O–H groups in total. The number of fused-ring (bicyclic) bond motifs is 1. The van der Waals surface area contributed by atoms with Gasteiger partial charge in [0, 0.05) is 12.6 Å². The number of amides is 1. The number of ether oxygens (including phenoxy) is 2. The van der Waals surface area contributed by atoms with Gasteiger partial charge in [0.1, 0.15) is 24.0 Å². The van der Waals surface area contributed by atoms with Crippen molar-refractivity contribution in [3.05, 3.63) is 58.1 Å². The summed E-state index contributed by atoms with van der Waals surface area (Å²) >= 11 is 0. The first-order valence-electron chi connectivity index (χ1n) is 16.2. The zero-order chi connectivity index (χ0) is 34.6. The van der Waals surface area contributed by atoms with Crippen LogP contribution >= 0.6 is 0 Å². The van der Waals surface area contributed by atoms with Crippen molar-refractivity contribution in [2.45, 2.75) is 122 Å². The van der Waals surface area contributed by atoms with Crippen molar-refractivity contribution >= 4 is 28.4 Å². The second-order valence-electron chi connectivity index (χ2n) is 12.8. The highest BCUT2D eigenvalue weighted by molar-refractivity contribution is 7.89. The molecule has 0 unspecified atom stereocenters. The summed E-state index contributed by atoms with van der Waals surface area (Å²) in [5, 5.41) is 11.7. The Balaban J connectivity index is 0.000000756. The minimum atomic E-state index is -3.91. The number of aliphatic imine (C=N–C) groups is 1. The average molecular weight is 674 g/mol. The molecule has 1 fully saturated rings. The third-order valence-corrected chi connectivity index (χ3v) is 10.1. The number of benzene rings is 2. The van der Waals surface area contributed by atoms with Crippen molar-refractivity contribution in [2.24, 2.45) is 10.7 Å². The number of nitrogens with two attached hydrogens (primary N) is 1. The maximum Gasteiger partial charge on any atom is 0.408 e. The van der Waals surface area contributed by atoms with Crippen molar-refractivity contribution in [1.29, 1.82) is 0 Å². The van der Waals surface area contributed by atoms with Crippen LogP contribution in [0.1, 0.15) is 93.0 Å². The predicted octanol–water partition coefficient (Wildman–Crippen LogP) is 4.96. The second kappa shape index (κ2) is 17.5. The van der Waals surface area contributed by atoms with Gasteiger partial charge in [-0.15, -0.1) is 4.83 Å². The van der Waals surface area contributed by atoms with E-state index in [2.05, 4.69) is 20.6 Å². The van der Waals surface area contributed by atoms with Gasteiger partial charge in [0.05, 0.1) is 11.2 Å². The van der Waals surface area contributed by atoms with Crippen molar-refractivity contribution in [1.82, 2.24) is 15.6 Å². The summed E-state index contributed by atoms with van der Waals surface area (Å²) in [5.41, 5.74) is 11.6. The highest BCUT2D eigenvalue weighted by Gasteiger charge is 2.33. The number of carbonyl (C=O) groups excluding carboxylic acids is 1. The first kappa shape index (κ1) is 37.8. The van der Waals surface area contributed by atoms with Crippen molar-refractivity contribution < 1.29 is 32.6 Å². The number of nitrogens with one attached hydrogen (secondary N) is 3. The van der Waals surface area contributed by atoms with Gasteiger partial charge in [0.2, 0.25) is 0 Å². The summed E-state index contributed by atoms with van der Waals surface area (Å²) in [7, 11) is -3.91. The fraction of sp³-hybridized carbons (Fsp3) is 0.559. The zero-order valence-corrected chi connectivity index (χ0v) is 29.0. The molecule has 2 aromatic carbocycles. The maximum absolute atomic E-state index is 13.1. The summed E-state index contributed by atoms with van der Waals surface area (Å²) < 4.78 is 37.5. The fourth-order valence-corrected chi connectivity index (χ4v) is 7.09. The van der Waals surface area contributed by atoms with Crippen LogP contribution in [0.3, 0.4) is 0 Å². The standard InChI is InChI=1S/C28H38N4O7S.C6H13N/c1-18-19(2)25(20(3)22-13-14-28(4,5)39-24(18)22)40(36,37)32-30-17-29-15-9-12-23(26(33)34)31-27(35)38-16-21-10-7-6-8-11-21;7-6-4-2-1-3-5-6/h6-8,10-11,17,23,32H,9,12-16H2,1-5H3,(H,29,30)(H,31,35)(H,33,34);6H,1-5,7H2/t23-;/m1./s1. The quantitative estimate of drug-likeness (QED) is 0.0900. The lowest BCUT2D eigenvalue weighted by molar-refractivity contribution is -0.139. The van der Waals surface area contributed by atoms with Crippen LogP contribution in [-0.2, 0) is 32.6 Å². The number of carboxylic acids is 1. The molecule has 2 aromatic rings. The Morgan fingerprint density at radius 3 is 2.40 bits per heavy atom. The maximum atomic E-state index is 13.1. The summed E-state index contributed by atoms with van der Waals surface area (Å²) in [6.07, 6.45) is 9.00. The summed E-state index contributed by atoms with van der Waals surface area (Å²) in [6.45, 7) is 9.71. The monoisotopic (exact) mass is 673 g/mol. The van der Waals surface area contributed by atoms with E-state index in [1.807, 2.05) is 39.0 Å². The van der Waals surface area contributed by atoms with Gasteiger partial charge in [0.25, 0.3) is 10.0 Å². The molecule has 1 saturated carbocycles. The van der Waals surface area contributed by atoms with E-state index >= 15 is 0 Å². The van der Waals surface area contributed by atoms with Crippen LogP contribution in [-0.4, -0.2) is 56.2 Å². The fourth-order valence-electron chi connectivity index (χ4n) is 5.70. The van der Waals surface area contributed by atoms with Crippen LogP contribution < -0.4 is 26.0 Å². The molecule has 13 heteroatoms. The first-order chi connectivity index (χ1) is 22.2. The lowest BCUT2D eigenvalue weighted by atomic mass is 9.88. The molecule has 1 aliphatic carbocycles. The number of hydrazine groups is 1. The number of rotatable bonds is 12. The van der Waals surface area contributed by atoms with E-state index in [0.29, 0.717) is 23.6 Å². The molecule has 1 heterocycles. The molecule has 0 spiro atoms. The molecular weight excluding hydrogens is 622 g/mol. The molecule has 0 radical (unpaired) electrons. The molecule has 0 bridgehead atoms. The molecule has 0 saturated heterocycles. The van der Waals surface area contributed by atoms with E-state index in [4.69, 9.17) is 15.2 Å². The van der Waals surface area contributed by atoms with Gasteiger partial charge in [-0.1, -0.05) is 49.6 Å². The Morgan fingerprint density at radius 2 is 1.79 bits per heavy atom. The Labute approximate surface area is 278 Å². The van der Waals surface area contributed by atoms with E-state index in [1.54, 1.807) is 26.0 Å². The highest BCUT2D eigenvalue weighted by Crippen LogP contribution is 2.42. The largest absolute Gasteiger partial charge is 0.487 e. The zero-order valence-electron chi connectivity index (χ0n) is 28.2. The number of nitrogens with zero attached hydrogens (tertiary/aromatic N) is 1. The molecule has 260 valence electrons. The van der Waals surface area contributed by atoms with Crippen molar-refractivity contribution in [3.8, 4) is 5.75 Å². The minimum Gasteiger partial charge on any atom is -0.487 e. The van der Waals surface area contributed by atoms with Crippen LogP contribution in [0.5, 0.6) is 5.75 Å². The normalized spacial score (nSPS) is 16.6. The number of carbonyl (C=O) groups is 2. The van der Waals surface area contributed by atoms with E-state index in [-0.39, 0.29) is 30.1 Å². The van der Waals surface area contributed by atoms with Crippen LogP contribution in [0.15, 0.2) is 40.2 Å².